The van der Waals surface area contributed by atoms with Gasteiger partial charge in [-0.05, 0) is 54.1 Å². The monoisotopic (exact) mass is 609 g/mol. The van der Waals surface area contributed by atoms with Crippen LogP contribution in [0.5, 0.6) is 11.5 Å². The zero-order chi connectivity index (χ0) is 30.6. The van der Waals surface area contributed by atoms with Crippen LogP contribution in [0.2, 0.25) is 0 Å². The maximum Gasteiger partial charge on any atom is 0.328 e. The van der Waals surface area contributed by atoms with E-state index in [1.807, 2.05) is 23.1 Å². The molecular weight excluding hydrogens is 578 g/mol. The molecule has 3 aromatic carbocycles. The first-order valence-corrected chi connectivity index (χ1v) is 15.0. The largest absolute Gasteiger partial charge is 0.457 e. The van der Waals surface area contributed by atoms with E-state index in [9.17, 15) is 27.9 Å². The van der Waals surface area contributed by atoms with Gasteiger partial charge in [0, 0.05) is 38.4 Å². The average Bonchev–Trinajstić information content (AvgIpc) is 3.01. The van der Waals surface area contributed by atoms with Crippen LogP contribution in [0.4, 0.5) is 10.5 Å². The van der Waals surface area contributed by atoms with Gasteiger partial charge in [0.1, 0.15) is 11.5 Å². The van der Waals surface area contributed by atoms with Crippen LogP contribution in [0.25, 0.3) is 0 Å². The summed E-state index contributed by atoms with van der Waals surface area (Å²) in [6, 6.07) is 21.0. The van der Waals surface area contributed by atoms with Crippen molar-refractivity contribution in [3.05, 3.63) is 84.4 Å². The first-order valence-electron chi connectivity index (χ1n) is 13.5. The number of nitrogens with zero attached hydrogens (tertiary/aromatic N) is 2. The van der Waals surface area contributed by atoms with Crippen molar-refractivity contribution in [1.29, 1.82) is 0 Å². The van der Waals surface area contributed by atoms with Gasteiger partial charge < -0.3 is 19.8 Å². The second kappa shape index (κ2) is 12.5. The number of nitrogens with one attached hydrogen (secondary N) is 3. The Kier molecular flexibility index (Phi) is 8.75. The van der Waals surface area contributed by atoms with Crippen LogP contribution in [0, 0.1) is 0 Å². The molecule has 3 aromatic rings. The molecule has 0 radical (unpaired) electrons. The Hall–Kier alpha value is -4.34. The van der Waals surface area contributed by atoms with Crippen molar-refractivity contribution in [2.24, 2.45) is 0 Å². The minimum Gasteiger partial charge on any atom is -0.457 e. The summed E-state index contributed by atoms with van der Waals surface area (Å²) in [6.45, 7) is 0.467. The fraction of sp³-hybridized carbons (Fsp3) is 0.276. The number of benzene rings is 3. The summed E-state index contributed by atoms with van der Waals surface area (Å²) >= 11 is 0. The lowest BCUT2D eigenvalue weighted by Gasteiger charge is -2.47. The quantitative estimate of drug-likeness (QED) is 0.203. The molecular formula is C29H31N5O8S. The van der Waals surface area contributed by atoms with Crippen LogP contribution >= 0.6 is 0 Å². The molecule has 4 amide bonds. The highest BCUT2D eigenvalue weighted by molar-refractivity contribution is 7.89. The number of para-hydroxylation sites is 1. The number of hydrogen-bond acceptors (Lipinski definition) is 10. The zero-order valence-corrected chi connectivity index (χ0v) is 23.8. The van der Waals surface area contributed by atoms with Crippen molar-refractivity contribution in [3.63, 3.8) is 0 Å². The van der Waals surface area contributed by atoms with E-state index < -0.39 is 46.1 Å². The van der Waals surface area contributed by atoms with Crippen molar-refractivity contribution in [1.82, 2.24) is 20.3 Å². The lowest BCUT2D eigenvalue weighted by molar-refractivity contribution is -0.149. The first kappa shape index (κ1) is 30.1. The molecule has 0 aromatic heterocycles. The number of hydrogen-bond donors (Lipinski definition) is 5. The summed E-state index contributed by atoms with van der Waals surface area (Å²) in [5.41, 5.74) is -0.691. The first-order chi connectivity index (χ1) is 20.6. The molecule has 1 unspecified atom stereocenters. The van der Waals surface area contributed by atoms with Crippen LogP contribution in [0.1, 0.15) is 5.56 Å². The topological polar surface area (TPSA) is 178 Å². The summed E-state index contributed by atoms with van der Waals surface area (Å²) in [7, 11) is -3.89. The number of carbonyl (C=O) groups excluding carboxylic acids is 3. The second-order valence-electron chi connectivity index (χ2n) is 10.0. The molecule has 0 aliphatic carbocycles. The Morgan fingerprint density at radius 2 is 1.42 bits per heavy atom. The fourth-order valence-electron chi connectivity index (χ4n) is 5.13. The van der Waals surface area contributed by atoms with Gasteiger partial charge in [0.2, 0.25) is 15.6 Å². The van der Waals surface area contributed by atoms with Crippen molar-refractivity contribution < 1.29 is 37.8 Å². The number of carbonyl (C=O) groups is 3. The number of sulfonamides is 1. The Bertz CT molecular complexity index is 1560. The van der Waals surface area contributed by atoms with Gasteiger partial charge in [0.05, 0.1) is 17.6 Å². The molecule has 14 heteroatoms. The second-order valence-corrected chi connectivity index (χ2v) is 11.8. The maximum absolute atomic E-state index is 13.4. The molecule has 5 N–H and O–H groups in total. The average molecular weight is 610 g/mol. The number of imide groups is 2. The van der Waals surface area contributed by atoms with Crippen LogP contribution in [-0.4, -0.2) is 86.8 Å². The summed E-state index contributed by atoms with van der Waals surface area (Å²) in [5.74, 6) is -0.366. The molecule has 2 aliphatic heterocycles. The molecule has 0 saturated carbocycles. The van der Waals surface area contributed by atoms with E-state index in [4.69, 9.17) is 9.84 Å². The van der Waals surface area contributed by atoms with Crippen LogP contribution in [0.15, 0.2) is 83.8 Å². The van der Waals surface area contributed by atoms with E-state index >= 15 is 0 Å². The number of aliphatic hydroxyl groups excluding tert-OH is 2. The van der Waals surface area contributed by atoms with Crippen molar-refractivity contribution >= 4 is 33.6 Å². The maximum atomic E-state index is 13.4. The van der Waals surface area contributed by atoms with Crippen molar-refractivity contribution in [3.8, 4) is 11.5 Å². The lowest BCUT2D eigenvalue weighted by Crippen LogP contribution is -2.73. The van der Waals surface area contributed by atoms with Crippen molar-refractivity contribution in [2.75, 3.05) is 44.2 Å². The van der Waals surface area contributed by atoms with Crippen LogP contribution in [-0.2, 0) is 25.2 Å². The van der Waals surface area contributed by atoms with E-state index in [1.165, 1.54) is 12.1 Å². The van der Waals surface area contributed by atoms with Gasteiger partial charge in [-0.2, -0.15) is 0 Å². The predicted molar refractivity (Wildman–Crippen MR) is 155 cm³/mol. The summed E-state index contributed by atoms with van der Waals surface area (Å²) in [6.07, 6.45) is -1.21. The summed E-state index contributed by atoms with van der Waals surface area (Å²) < 4.78 is 33.1. The van der Waals surface area contributed by atoms with Gasteiger partial charge in [-0.25, -0.2) is 17.9 Å². The highest BCUT2D eigenvalue weighted by Gasteiger charge is 2.56. The number of anilines is 1. The molecule has 0 spiro atoms. The third kappa shape index (κ3) is 6.23. The molecule has 226 valence electrons. The lowest BCUT2D eigenvalue weighted by atomic mass is 9.84. The van der Waals surface area contributed by atoms with Gasteiger partial charge in [-0.1, -0.05) is 30.3 Å². The molecule has 2 aliphatic rings. The molecule has 2 fully saturated rings. The molecule has 2 saturated heterocycles. The van der Waals surface area contributed by atoms with E-state index in [1.54, 1.807) is 53.4 Å². The molecule has 2 heterocycles. The number of urea groups is 1. The number of aliphatic hydroxyl groups is 2. The van der Waals surface area contributed by atoms with E-state index in [-0.39, 0.29) is 24.5 Å². The minimum atomic E-state index is -3.89. The highest BCUT2D eigenvalue weighted by atomic mass is 32.2. The number of rotatable bonds is 10. The fourth-order valence-corrected chi connectivity index (χ4v) is 6.21. The van der Waals surface area contributed by atoms with Gasteiger partial charge >= 0.3 is 6.03 Å². The third-order valence-corrected chi connectivity index (χ3v) is 8.79. The number of amides is 4. The minimum absolute atomic E-state index is 0.00103. The van der Waals surface area contributed by atoms with Gasteiger partial charge in [-0.15, -0.1) is 0 Å². The van der Waals surface area contributed by atoms with Crippen molar-refractivity contribution in [2.45, 2.75) is 16.5 Å². The van der Waals surface area contributed by atoms with Gasteiger partial charge in [0.25, 0.3) is 11.8 Å². The van der Waals surface area contributed by atoms with Crippen LogP contribution < -0.4 is 25.0 Å². The Morgan fingerprint density at radius 3 is 2.00 bits per heavy atom. The zero-order valence-electron chi connectivity index (χ0n) is 23.0. The third-order valence-electron chi connectivity index (χ3n) is 7.35. The Morgan fingerprint density at radius 1 is 0.837 bits per heavy atom. The Labute approximate surface area is 248 Å². The molecule has 5 rings (SSSR count). The van der Waals surface area contributed by atoms with E-state index in [0.717, 1.165) is 5.69 Å². The van der Waals surface area contributed by atoms with E-state index in [2.05, 4.69) is 15.4 Å². The normalized spacial score (nSPS) is 18.1. The summed E-state index contributed by atoms with van der Waals surface area (Å²) in [4.78, 5) is 42.6. The molecule has 0 bridgehead atoms. The molecule has 13 nitrogen and oxygen atoms in total. The highest BCUT2D eigenvalue weighted by Crippen LogP contribution is 2.35. The summed E-state index contributed by atoms with van der Waals surface area (Å²) in [5, 5.41) is 22.8. The predicted octanol–water partition coefficient (Wildman–Crippen LogP) is 0.494. The molecule has 1 atom stereocenters. The van der Waals surface area contributed by atoms with Crippen LogP contribution in [0.3, 0.4) is 0 Å². The standard InChI is InChI=1S/C29H31N5O8S/c35-19-22(36)18-30-43(40,41)25-12-8-21(9-13-25)33-14-16-34(17-15-33)29(26(37)31-28(39)32-27(29)38)20-6-10-24(11-7-20)42-23-4-2-1-3-5-23/h1-13,22,30,35-36H,14-19H2,(H2,31,32,37,38,39). The smallest absolute Gasteiger partial charge is 0.328 e. The SMILES string of the molecule is O=C1NC(=O)C(c2ccc(Oc3ccccc3)cc2)(N2CCN(c3ccc(S(=O)(=O)NCC(O)CO)cc3)CC2)C(=O)N1. The number of ether oxygens (including phenoxy) is 1. The van der Waals surface area contributed by atoms with E-state index in [0.29, 0.717) is 30.2 Å². The molecule has 43 heavy (non-hydrogen) atoms. The number of barbiturate groups is 1. The Balaban J connectivity index is 1.33. The van der Waals surface area contributed by atoms with Gasteiger partial charge in [-0.3, -0.25) is 25.1 Å². The number of piperazine rings is 1. The van der Waals surface area contributed by atoms with Gasteiger partial charge in [0.15, 0.2) is 0 Å².